The molecule has 8 nitrogen and oxygen atoms in total. The van der Waals surface area contributed by atoms with E-state index in [9.17, 15) is 9.90 Å². The highest BCUT2D eigenvalue weighted by atomic mass is 35.5. The number of hydrogen-bond acceptors (Lipinski definition) is 7. The van der Waals surface area contributed by atoms with Crippen LogP contribution >= 0.6 is 11.6 Å². The summed E-state index contributed by atoms with van der Waals surface area (Å²) in [5.41, 5.74) is 1.72. The second-order valence-corrected chi connectivity index (χ2v) is 7.57. The van der Waals surface area contributed by atoms with Gasteiger partial charge in [-0.15, -0.1) is 0 Å². The van der Waals surface area contributed by atoms with Gasteiger partial charge in [-0.25, -0.2) is 9.78 Å². The molecule has 0 saturated carbocycles. The summed E-state index contributed by atoms with van der Waals surface area (Å²) >= 11 is 6.10. The molecule has 2 aliphatic rings. The van der Waals surface area contributed by atoms with Gasteiger partial charge in [-0.3, -0.25) is 4.90 Å². The summed E-state index contributed by atoms with van der Waals surface area (Å²) in [7, 11) is 0. The Morgan fingerprint density at radius 2 is 2.21 bits per heavy atom. The number of carbonyl (C=O) groups is 1. The third-order valence-electron chi connectivity index (χ3n) is 4.74. The maximum Gasteiger partial charge on any atom is 0.415 e. The lowest BCUT2D eigenvalue weighted by Gasteiger charge is -2.35. The highest BCUT2D eigenvalue weighted by molar-refractivity contribution is 6.30. The van der Waals surface area contributed by atoms with Crippen molar-refractivity contribution in [1.29, 1.82) is 0 Å². The molecule has 0 bridgehead atoms. The molecular weight excluding hydrogens is 382 g/mol. The number of benzene rings is 1. The number of aliphatic hydroxyl groups is 1. The molecule has 1 aromatic heterocycles. The molecule has 1 fully saturated rings. The Hall–Kier alpha value is -2.84. The minimum Gasteiger partial charge on any atom is -0.447 e. The molecule has 3 N–H and O–H groups in total. The molecule has 1 atom stereocenters. The molecule has 4 rings (SSSR count). The first kappa shape index (κ1) is 18.5. The number of nitrogens with zero attached hydrogens (tertiary/aromatic N) is 3. The average molecular weight is 402 g/mol. The monoisotopic (exact) mass is 401 g/mol. The largest absolute Gasteiger partial charge is 0.447 e. The SMILES string of the molecule is CC(C)(Nc1nccc(N2CCOC2=O)n1)C1=Cc2cc(Cl)ccc2NC1O. The lowest BCUT2D eigenvalue weighted by Crippen LogP contribution is -2.42. The van der Waals surface area contributed by atoms with Crippen LogP contribution in [0.3, 0.4) is 0 Å². The fraction of sp³-hybridized carbons (Fsp3) is 0.316. The molecular formula is C19H20ClN5O3. The minimum absolute atomic E-state index is 0.337. The van der Waals surface area contributed by atoms with Crippen molar-refractivity contribution in [2.75, 3.05) is 28.7 Å². The Balaban J connectivity index is 1.61. The normalized spacial score (nSPS) is 18.9. The zero-order chi connectivity index (χ0) is 19.9. The van der Waals surface area contributed by atoms with E-state index >= 15 is 0 Å². The van der Waals surface area contributed by atoms with Crippen molar-refractivity contribution in [3.05, 3.63) is 46.6 Å². The summed E-state index contributed by atoms with van der Waals surface area (Å²) in [6, 6.07) is 7.09. The number of hydrogen-bond donors (Lipinski definition) is 3. The van der Waals surface area contributed by atoms with Crippen LogP contribution in [-0.4, -0.2) is 46.1 Å². The van der Waals surface area contributed by atoms with Crippen molar-refractivity contribution >= 4 is 41.2 Å². The van der Waals surface area contributed by atoms with Crippen LogP contribution in [0.25, 0.3) is 6.08 Å². The highest BCUT2D eigenvalue weighted by Gasteiger charge is 2.33. The zero-order valence-corrected chi connectivity index (χ0v) is 16.2. The van der Waals surface area contributed by atoms with Gasteiger partial charge in [-0.1, -0.05) is 11.6 Å². The molecule has 1 amide bonds. The van der Waals surface area contributed by atoms with Crippen LogP contribution in [-0.2, 0) is 4.74 Å². The van der Waals surface area contributed by atoms with Crippen LogP contribution in [0.2, 0.25) is 5.02 Å². The first-order valence-corrected chi connectivity index (χ1v) is 9.23. The number of carbonyl (C=O) groups excluding carboxylic acids is 1. The van der Waals surface area contributed by atoms with Gasteiger partial charge in [0.05, 0.1) is 12.1 Å². The van der Waals surface area contributed by atoms with Crippen LogP contribution in [0.15, 0.2) is 36.0 Å². The summed E-state index contributed by atoms with van der Waals surface area (Å²) in [5.74, 6) is 0.802. The number of halogens is 1. The van der Waals surface area contributed by atoms with Gasteiger partial charge in [0.15, 0.2) is 0 Å². The summed E-state index contributed by atoms with van der Waals surface area (Å²) in [6.07, 6.45) is 2.17. The number of ether oxygens (including phenoxy) is 1. The summed E-state index contributed by atoms with van der Waals surface area (Å²) < 4.78 is 4.96. The highest BCUT2D eigenvalue weighted by Crippen LogP contribution is 2.34. The quantitative estimate of drug-likeness (QED) is 0.723. The lowest BCUT2D eigenvalue weighted by molar-refractivity contribution is 0.181. The van der Waals surface area contributed by atoms with E-state index in [1.54, 1.807) is 18.3 Å². The fourth-order valence-corrected chi connectivity index (χ4v) is 3.47. The molecule has 28 heavy (non-hydrogen) atoms. The number of amides is 1. The van der Waals surface area contributed by atoms with Crippen molar-refractivity contribution < 1.29 is 14.6 Å². The van der Waals surface area contributed by atoms with Crippen LogP contribution in [0.5, 0.6) is 0 Å². The summed E-state index contributed by atoms with van der Waals surface area (Å²) in [5, 5.41) is 17.5. The number of fused-ring (bicyclic) bond motifs is 1. The van der Waals surface area contributed by atoms with Crippen LogP contribution in [0.1, 0.15) is 19.4 Å². The first-order valence-electron chi connectivity index (χ1n) is 8.85. The van der Waals surface area contributed by atoms with E-state index in [4.69, 9.17) is 16.3 Å². The van der Waals surface area contributed by atoms with Crippen molar-refractivity contribution in [2.45, 2.75) is 25.6 Å². The van der Waals surface area contributed by atoms with Gasteiger partial charge in [0.1, 0.15) is 18.7 Å². The molecule has 0 spiro atoms. The fourth-order valence-electron chi connectivity index (χ4n) is 3.29. The van der Waals surface area contributed by atoms with E-state index in [-0.39, 0.29) is 0 Å². The molecule has 146 valence electrons. The van der Waals surface area contributed by atoms with Gasteiger partial charge in [0.25, 0.3) is 0 Å². The Kier molecular flexibility index (Phi) is 4.60. The van der Waals surface area contributed by atoms with Crippen molar-refractivity contribution in [3.63, 3.8) is 0 Å². The Morgan fingerprint density at radius 1 is 1.39 bits per heavy atom. The topological polar surface area (TPSA) is 99.6 Å². The van der Waals surface area contributed by atoms with Crippen LogP contribution < -0.4 is 15.5 Å². The second kappa shape index (κ2) is 6.96. The third kappa shape index (κ3) is 3.48. The molecule has 2 aliphatic heterocycles. The number of nitrogens with one attached hydrogen (secondary N) is 2. The Bertz CT molecular complexity index is 962. The summed E-state index contributed by atoms with van der Waals surface area (Å²) in [6.45, 7) is 4.62. The third-order valence-corrected chi connectivity index (χ3v) is 4.97. The van der Waals surface area contributed by atoms with Gasteiger partial charge in [-0.05, 0) is 49.8 Å². The van der Waals surface area contributed by atoms with E-state index in [0.29, 0.717) is 35.5 Å². The van der Waals surface area contributed by atoms with Crippen LogP contribution in [0.4, 0.5) is 22.2 Å². The lowest BCUT2D eigenvalue weighted by atomic mass is 9.88. The van der Waals surface area contributed by atoms with E-state index in [1.807, 2.05) is 32.1 Å². The first-order chi connectivity index (χ1) is 13.3. The van der Waals surface area contributed by atoms with Gasteiger partial charge in [0, 0.05) is 22.5 Å². The molecule has 1 saturated heterocycles. The Labute approximate surface area is 167 Å². The molecule has 0 aliphatic carbocycles. The molecule has 2 aromatic rings. The van der Waals surface area contributed by atoms with Crippen molar-refractivity contribution in [3.8, 4) is 0 Å². The standard InChI is InChI=1S/C19H20ClN5O3/c1-19(2,13-10-11-9-12(20)3-4-14(11)22-16(13)26)24-17-21-6-5-15(23-17)25-7-8-28-18(25)27/h3-6,9-10,16,22,26H,7-8H2,1-2H3,(H,21,23,24). The van der Waals surface area contributed by atoms with Crippen LogP contribution in [0, 0.1) is 0 Å². The van der Waals surface area contributed by atoms with Crippen molar-refractivity contribution in [2.24, 2.45) is 0 Å². The zero-order valence-electron chi connectivity index (χ0n) is 15.4. The van der Waals surface area contributed by atoms with Gasteiger partial charge >= 0.3 is 6.09 Å². The van der Waals surface area contributed by atoms with Crippen molar-refractivity contribution in [1.82, 2.24) is 9.97 Å². The minimum atomic E-state index is -0.882. The molecule has 3 heterocycles. The maximum atomic E-state index is 11.8. The van der Waals surface area contributed by atoms with E-state index in [0.717, 1.165) is 11.3 Å². The predicted molar refractivity (Wildman–Crippen MR) is 107 cm³/mol. The Morgan fingerprint density at radius 3 is 2.96 bits per heavy atom. The van der Waals surface area contributed by atoms with Gasteiger partial charge in [-0.2, -0.15) is 4.98 Å². The van der Waals surface area contributed by atoms with Gasteiger partial charge in [0.2, 0.25) is 5.95 Å². The average Bonchev–Trinajstić information content (AvgIpc) is 3.07. The van der Waals surface area contributed by atoms with E-state index in [2.05, 4.69) is 20.6 Å². The maximum absolute atomic E-state index is 11.8. The van der Waals surface area contributed by atoms with Gasteiger partial charge < -0.3 is 20.5 Å². The predicted octanol–water partition coefficient (Wildman–Crippen LogP) is 3.10. The summed E-state index contributed by atoms with van der Waals surface area (Å²) in [4.78, 5) is 21.9. The number of aliphatic hydroxyl groups excluding tert-OH is 1. The molecule has 0 radical (unpaired) electrons. The molecule has 9 heteroatoms. The number of aromatic nitrogens is 2. The number of anilines is 3. The molecule has 1 aromatic carbocycles. The number of rotatable bonds is 4. The number of cyclic esters (lactones) is 1. The smallest absolute Gasteiger partial charge is 0.415 e. The van der Waals surface area contributed by atoms with E-state index in [1.165, 1.54) is 4.90 Å². The van der Waals surface area contributed by atoms with E-state index < -0.39 is 17.9 Å². The molecule has 1 unspecified atom stereocenters. The second-order valence-electron chi connectivity index (χ2n) is 7.13.